The van der Waals surface area contributed by atoms with Crippen LogP contribution in [0.4, 0.5) is 0 Å². The largest absolute Gasteiger partial charge is 0.491 e. The Hall–Kier alpha value is -1.55. The van der Waals surface area contributed by atoms with Crippen LogP contribution in [0.3, 0.4) is 0 Å². The number of carbonyl (C=O) groups excluding carboxylic acids is 1. The highest BCUT2D eigenvalue weighted by molar-refractivity contribution is 14.0. The fourth-order valence-corrected chi connectivity index (χ4v) is 2.72. The number of likely N-dealkylation sites (N-methyl/N-ethyl adjacent to an activating group) is 2. The lowest BCUT2D eigenvalue weighted by molar-refractivity contribution is -0.127. The average Bonchev–Trinajstić information content (AvgIpc) is 3.16. The van der Waals surface area contributed by atoms with Crippen molar-refractivity contribution in [2.45, 2.75) is 25.9 Å². The summed E-state index contributed by atoms with van der Waals surface area (Å²) in [5.41, 5.74) is 1.11. The first-order chi connectivity index (χ1) is 13.0. The van der Waals surface area contributed by atoms with E-state index in [1.165, 1.54) is 0 Å². The molecule has 1 N–H and O–H groups in total. The number of nitrogens with one attached hydrogen (secondary N) is 1. The monoisotopic (exact) mass is 504 g/mol. The third-order valence-corrected chi connectivity index (χ3v) is 4.51. The number of benzene rings is 1. The summed E-state index contributed by atoms with van der Waals surface area (Å²) in [5, 5.41) is 3.34. The zero-order chi connectivity index (χ0) is 19.6. The van der Waals surface area contributed by atoms with Gasteiger partial charge in [-0.2, -0.15) is 0 Å². The van der Waals surface area contributed by atoms with Gasteiger partial charge in [0.25, 0.3) is 0 Å². The molecule has 1 aromatic rings. The molecule has 1 atom stereocenters. The lowest BCUT2D eigenvalue weighted by Crippen LogP contribution is -2.44. The molecule has 8 heteroatoms. The molecule has 0 bridgehead atoms. The van der Waals surface area contributed by atoms with Gasteiger partial charge >= 0.3 is 0 Å². The number of guanidine groups is 1. The van der Waals surface area contributed by atoms with E-state index in [0.717, 1.165) is 30.8 Å². The van der Waals surface area contributed by atoms with Crippen molar-refractivity contribution in [2.24, 2.45) is 4.99 Å². The molecular formula is C20H33IN4O3. The first-order valence-electron chi connectivity index (χ1n) is 9.47. The number of aryl methyl sites for hydroxylation is 1. The molecule has 0 spiro atoms. The van der Waals surface area contributed by atoms with E-state index in [2.05, 4.69) is 10.3 Å². The molecule has 0 aromatic heterocycles. The zero-order valence-corrected chi connectivity index (χ0v) is 19.6. The van der Waals surface area contributed by atoms with Crippen LogP contribution in [0.1, 0.15) is 18.4 Å². The molecule has 0 saturated carbocycles. The van der Waals surface area contributed by atoms with Crippen molar-refractivity contribution < 1.29 is 14.3 Å². The normalized spacial score (nSPS) is 16.3. The quantitative estimate of drug-likeness (QED) is 0.334. The van der Waals surface area contributed by atoms with Gasteiger partial charge in [0.1, 0.15) is 18.9 Å². The first-order valence-corrected chi connectivity index (χ1v) is 9.47. The second-order valence-electron chi connectivity index (χ2n) is 6.98. The number of hydrogen-bond donors (Lipinski definition) is 1. The van der Waals surface area contributed by atoms with Gasteiger partial charge in [-0.1, -0.05) is 18.2 Å². The molecule has 0 aliphatic carbocycles. The number of carbonyl (C=O) groups is 1. The Morgan fingerprint density at radius 1 is 1.32 bits per heavy atom. The second kappa shape index (κ2) is 12.8. The van der Waals surface area contributed by atoms with Crippen molar-refractivity contribution in [1.82, 2.24) is 15.1 Å². The fourth-order valence-electron chi connectivity index (χ4n) is 2.72. The summed E-state index contributed by atoms with van der Waals surface area (Å²) in [4.78, 5) is 19.9. The molecule has 1 fully saturated rings. The predicted octanol–water partition coefficient (Wildman–Crippen LogP) is 2.14. The molecular weight excluding hydrogens is 471 g/mol. The SMILES string of the molecule is Cc1ccccc1OCCN(C)C(=NCC(=O)N(C)C)NCC1CCCO1.I. The van der Waals surface area contributed by atoms with Gasteiger partial charge in [-0.05, 0) is 31.4 Å². The van der Waals surface area contributed by atoms with Crippen LogP contribution in [0, 0.1) is 6.92 Å². The number of amides is 1. The van der Waals surface area contributed by atoms with Crippen molar-refractivity contribution in [1.29, 1.82) is 0 Å². The van der Waals surface area contributed by atoms with Gasteiger partial charge in [0.2, 0.25) is 5.91 Å². The van der Waals surface area contributed by atoms with Gasteiger partial charge in [0.05, 0.1) is 12.6 Å². The van der Waals surface area contributed by atoms with Gasteiger partial charge in [0, 0.05) is 34.3 Å². The highest BCUT2D eigenvalue weighted by Crippen LogP contribution is 2.15. The smallest absolute Gasteiger partial charge is 0.243 e. The topological polar surface area (TPSA) is 66.4 Å². The van der Waals surface area contributed by atoms with Gasteiger partial charge in [-0.3, -0.25) is 4.79 Å². The second-order valence-corrected chi connectivity index (χ2v) is 6.98. The van der Waals surface area contributed by atoms with Crippen molar-refractivity contribution in [3.63, 3.8) is 0 Å². The molecule has 1 amide bonds. The Bertz CT molecular complexity index is 634. The maximum absolute atomic E-state index is 11.9. The van der Waals surface area contributed by atoms with Gasteiger partial charge in [-0.25, -0.2) is 4.99 Å². The minimum Gasteiger partial charge on any atom is -0.491 e. The summed E-state index contributed by atoms with van der Waals surface area (Å²) in [6.45, 7) is 4.84. The summed E-state index contributed by atoms with van der Waals surface area (Å²) in [7, 11) is 5.41. The van der Waals surface area contributed by atoms with Gasteiger partial charge in [0.15, 0.2) is 5.96 Å². The number of aliphatic imine (C=N–C) groups is 1. The highest BCUT2D eigenvalue weighted by atomic mass is 127. The molecule has 7 nitrogen and oxygen atoms in total. The molecule has 1 heterocycles. The fraction of sp³-hybridized carbons (Fsp3) is 0.600. The summed E-state index contributed by atoms with van der Waals surface area (Å²) in [6.07, 6.45) is 2.35. The van der Waals surface area contributed by atoms with Gasteiger partial charge in [-0.15, -0.1) is 24.0 Å². The van der Waals surface area contributed by atoms with Crippen molar-refractivity contribution in [3.8, 4) is 5.75 Å². The Balaban J connectivity index is 0.00000392. The minimum absolute atomic E-state index is 0. The molecule has 0 radical (unpaired) electrons. The molecule has 1 aliphatic heterocycles. The number of nitrogens with zero attached hydrogens (tertiary/aromatic N) is 3. The van der Waals surface area contributed by atoms with Gasteiger partial charge < -0.3 is 24.6 Å². The third-order valence-electron chi connectivity index (χ3n) is 4.51. The van der Waals surface area contributed by atoms with Crippen LogP contribution in [0.25, 0.3) is 0 Å². The molecule has 2 rings (SSSR count). The predicted molar refractivity (Wildman–Crippen MR) is 123 cm³/mol. The standard InChI is InChI=1S/C20H32N4O3.HI/c1-16-8-5-6-10-18(16)27-13-11-24(4)20(22-15-19(25)23(2)3)21-14-17-9-7-12-26-17;/h5-6,8,10,17H,7,9,11-15H2,1-4H3,(H,21,22);1H. The maximum atomic E-state index is 11.9. The summed E-state index contributed by atoms with van der Waals surface area (Å²) in [5.74, 6) is 1.55. The average molecular weight is 504 g/mol. The number of ether oxygens (including phenoxy) is 2. The van der Waals surface area contributed by atoms with Crippen molar-refractivity contribution in [3.05, 3.63) is 29.8 Å². The Morgan fingerprint density at radius 2 is 2.07 bits per heavy atom. The molecule has 1 unspecified atom stereocenters. The lowest BCUT2D eigenvalue weighted by atomic mass is 10.2. The molecule has 1 saturated heterocycles. The third kappa shape index (κ3) is 8.22. The van der Waals surface area contributed by atoms with Crippen LogP contribution in [-0.2, 0) is 9.53 Å². The van der Waals surface area contributed by atoms with Crippen LogP contribution in [-0.4, -0.2) is 81.8 Å². The molecule has 28 heavy (non-hydrogen) atoms. The molecule has 158 valence electrons. The number of hydrogen-bond acceptors (Lipinski definition) is 4. The van der Waals surface area contributed by atoms with Crippen molar-refractivity contribution >= 4 is 35.8 Å². The van der Waals surface area contributed by atoms with E-state index in [-0.39, 0.29) is 42.5 Å². The Morgan fingerprint density at radius 3 is 2.71 bits per heavy atom. The number of halogens is 1. The number of para-hydroxylation sites is 1. The highest BCUT2D eigenvalue weighted by Gasteiger charge is 2.17. The minimum atomic E-state index is -0.0315. The lowest BCUT2D eigenvalue weighted by Gasteiger charge is -2.24. The Labute approximate surface area is 185 Å². The summed E-state index contributed by atoms with van der Waals surface area (Å²) < 4.78 is 11.5. The molecule has 1 aromatic carbocycles. The van der Waals surface area contributed by atoms with E-state index in [1.807, 2.05) is 43.1 Å². The summed E-state index contributed by atoms with van der Waals surface area (Å²) in [6, 6.07) is 7.96. The van der Waals surface area contributed by atoms with E-state index < -0.39 is 0 Å². The van der Waals surface area contributed by atoms with Crippen LogP contribution in [0.2, 0.25) is 0 Å². The van der Waals surface area contributed by atoms with E-state index in [0.29, 0.717) is 25.7 Å². The summed E-state index contributed by atoms with van der Waals surface area (Å²) >= 11 is 0. The van der Waals surface area contributed by atoms with Crippen LogP contribution in [0.5, 0.6) is 5.75 Å². The van der Waals surface area contributed by atoms with E-state index in [1.54, 1.807) is 19.0 Å². The van der Waals surface area contributed by atoms with E-state index >= 15 is 0 Å². The van der Waals surface area contributed by atoms with E-state index in [4.69, 9.17) is 9.47 Å². The maximum Gasteiger partial charge on any atom is 0.243 e. The van der Waals surface area contributed by atoms with Crippen LogP contribution in [0.15, 0.2) is 29.3 Å². The van der Waals surface area contributed by atoms with Crippen LogP contribution >= 0.6 is 24.0 Å². The zero-order valence-electron chi connectivity index (χ0n) is 17.3. The number of rotatable bonds is 8. The first kappa shape index (κ1) is 24.5. The van der Waals surface area contributed by atoms with E-state index in [9.17, 15) is 4.79 Å². The Kier molecular flexibility index (Phi) is 11.2. The van der Waals surface area contributed by atoms with Crippen LogP contribution < -0.4 is 10.1 Å². The van der Waals surface area contributed by atoms with Crippen molar-refractivity contribution in [2.75, 3.05) is 54.0 Å². The molecule has 1 aliphatic rings.